The number of hydrogen-bond donors (Lipinski definition) is 0. The normalized spacial score (nSPS) is 11.1. The Kier molecular flexibility index (Phi) is 8.82. The number of rotatable bonds is 4. The Hall–Kier alpha value is -2.70. The average Bonchev–Trinajstić information content (AvgIpc) is 2.65. The molecule has 0 unspecified atom stereocenters. The Bertz CT molecular complexity index is 662. The molecule has 0 aliphatic rings. The Morgan fingerprint density at radius 2 is 0.857 bits per heavy atom. The maximum absolute atomic E-state index is 11.3. The smallest absolute Gasteiger partial charge is 0.292 e. The zero-order valence-corrected chi connectivity index (χ0v) is 17.2. The van der Waals surface area contributed by atoms with E-state index in [1.165, 1.54) is 0 Å². The Balaban J connectivity index is 0.000000280. The molecule has 2 aromatic carbocycles. The van der Waals surface area contributed by atoms with Crippen molar-refractivity contribution in [3.63, 3.8) is 0 Å². The molecule has 0 radical (unpaired) electrons. The van der Waals surface area contributed by atoms with Crippen LogP contribution in [0.3, 0.4) is 0 Å². The second kappa shape index (κ2) is 10.6. The molecule has 0 amide bonds. The van der Waals surface area contributed by atoms with Crippen LogP contribution < -0.4 is 0 Å². The number of carbonyl (C=O) groups excluding carboxylic acids is 2. The van der Waals surface area contributed by atoms with Gasteiger partial charge in [-0.1, -0.05) is 36.4 Å². The fourth-order valence-electron chi connectivity index (χ4n) is 1.57. The molecule has 6 heteroatoms. The van der Waals surface area contributed by atoms with E-state index in [1.54, 1.807) is 48.5 Å². The van der Waals surface area contributed by atoms with E-state index in [1.807, 2.05) is 53.7 Å². The van der Waals surface area contributed by atoms with Crippen LogP contribution in [0.4, 0.5) is 0 Å². The number of hydrogen-bond acceptors (Lipinski definition) is 6. The van der Waals surface area contributed by atoms with Crippen LogP contribution in [0.15, 0.2) is 60.7 Å². The third-order valence-corrected chi connectivity index (χ3v) is 2.75. The Morgan fingerprint density at radius 1 is 0.571 bits per heavy atom. The zero-order chi connectivity index (χ0) is 21.2. The minimum absolute atomic E-state index is 0.472. The summed E-state index contributed by atoms with van der Waals surface area (Å²) < 4.78 is 0. The van der Waals surface area contributed by atoms with Gasteiger partial charge in [0.05, 0.1) is 11.1 Å². The molecule has 0 saturated heterocycles. The first kappa shape index (κ1) is 23.3. The van der Waals surface area contributed by atoms with Gasteiger partial charge in [0.15, 0.2) is 0 Å². The van der Waals surface area contributed by atoms with Crippen LogP contribution >= 0.6 is 0 Å². The molecule has 0 fully saturated rings. The maximum atomic E-state index is 11.3. The molecule has 0 heterocycles. The van der Waals surface area contributed by atoms with Gasteiger partial charge >= 0.3 is 11.9 Å². The van der Waals surface area contributed by atoms with Gasteiger partial charge in [0.1, 0.15) is 11.2 Å². The lowest BCUT2D eigenvalue weighted by molar-refractivity contribution is -0.301. The summed E-state index contributed by atoms with van der Waals surface area (Å²) in [5.41, 5.74) is 0.00279. The predicted octanol–water partition coefficient (Wildman–Crippen LogP) is 5.15. The lowest BCUT2D eigenvalue weighted by Gasteiger charge is -2.16. The van der Waals surface area contributed by atoms with Crippen LogP contribution in [-0.2, 0) is 19.6 Å². The lowest BCUT2D eigenvalue weighted by atomic mass is 10.2. The van der Waals surface area contributed by atoms with Crippen molar-refractivity contribution in [3.8, 4) is 0 Å². The monoisotopic (exact) mass is 388 g/mol. The molecule has 0 spiro atoms. The fraction of sp³-hybridized carbons (Fsp3) is 0.364. The van der Waals surface area contributed by atoms with Crippen molar-refractivity contribution in [2.24, 2.45) is 0 Å². The molecule has 0 bridgehead atoms. The third-order valence-electron chi connectivity index (χ3n) is 2.75. The molecule has 6 nitrogen and oxygen atoms in total. The summed E-state index contributed by atoms with van der Waals surface area (Å²) >= 11 is 0. The lowest BCUT2D eigenvalue weighted by Crippen LogP contribution is -2.21. The molecule has 0 aliphatic carbocycles. The van der Waals surface area contributed by atoms with E-state index >= 15 is 0 Å². The molecule has 28 heavy (non-hydrogen) atoms. The number of benzene rings is 2. The minimum Gasteiger partial charge on any atom is -0.292 e. The van der Waals surface area contributed by atoms with Crippen molar-refractivity contribution in [1.82, 2.24) is 0 Å². The fourth-order valence-corrected chi connectivity index (χ4v) is 1.57. The highest BCUT2D eigenvalue weighted by Crippen LogP contribution is 2.10. The number of carbonyl (C=O) groups is 2. The van der Waals surface area contributed by atoms with Crippen LogP contribution in [0.2, 0.25) is 0 Å². The first-order valence-electron chi connectivity index (χ1n) is 8.88. The van der Waals surface area contributed by atoms with Gasteiger partial charge in [-0.25, -0.2) is 9.59 Å². The van der Waals surface area contributed by atoms with E-state index in [9.17, 15) is 9.59 Å². The van der Waals surface area contributed by atoms with Crippen LogP contribution in [0.1, 0.15) is 62.3 Å². The first-order valence-corrected chi connectivity index (χ1v) is 8.88. The molecule has 0 N–H and O–H groups in total. The molecular formula is C22H28O6. The molecule has 2 aromatic rings. The molecule has 0 atom stereocenters. The minimum atomic E-state index is -0.482. The summed E-state index contributed by atoms with van der Waals surface area (Å²) in [6, 6.07) is 17.5. The van der Waals surface area contributed by atoms with E-state index < -0.39 is 23.1 Å². The summed E-state index contributed by atoms with van der Waals surface area (Å²) in [5, 5.41) is 0. The van der Waals surface area contributed by atoms with E-state index in [0.29, 0.717) is 11.1 Å². The Labute approximate surface area is 166 Å². The first-order chi connectivity index (χ1) is 13.0. The summed E-state index contributed by atoms with van der Waals surface area (Å²) in [7, 11) is 0. The molecular weight excluding hydrogens is 360 g/mol. The van der Waals surface area contributed by atoms with Crippen LogP contribution in [0.25, 0.3) is 0 Å². The van der Waals surface area contributed by atoms with Gasteiger partial charge < -0.3 is 0 Å². The Morgan fingerprint density at radius 3 is 1.11 bits per heavy atom. The molecule has 2 rings (SSSR count). The molecule has 0 aliphatic heterocycles. The van der Waals surface area contributed by atoms with E-state index in [4.69, 9.17) is 9.78 Å². The van der Waals surface area contributed by atoms with Crippen LogP contribution in [0, 0.1) is 0 Å². The molecule has 0 aromatic heterocycles. The van der Waals surface area contributed by atoms with Crippen molar-refractivity contribution < 1.29 is 29.1 Å². The van der Waals surface area contributed by atoms with Gasteiger partial charge in [0, 0.05) is 0 Å². The third kappa shape index (κ3) is 10.4. The molecule has 0 saturated carbocycles. The highest BCUT2D eigenvalue weighted by molar-refractivity contribution is 5.89. The van der Waals surface area contributed by atoms with Crippen molar-refractivity contribution in [2.45, 2.75) is 52.7 Å². The summed E-state index contributed by atoms with van der Waals surface area (Å²) in [6.07, 6.45) is 0. The van der Waals surface area contributed by atoms with E-state index in [0.717, 1.165) is 0 Å². The van der Waals surface area contributed by atoms with Crippen LogP contribution in [-0.4, -0.2) is 23.1 Å². The van der Waals surface area contributed by atoms with Crippen molar-refractivity contribution in [2.75, 3.05) is 0 Å². The SMILES string of the molecule is CC(C)(C)OOC(=O)c1ccccc1.CC(C)(C)OOC(=O)c1ccccc1. The van der Waals surface area contributed by atoms with Gasteiger partial charge in [-0.15, -0.1) is 0 Å². The van der Waals surface area contributed by atoms with Gasteiger partial charge in [-0.05, 0) is 65.8 Å². The van der Waals surface area contributed by atoms with Gasteiger partial charge in [0.25, 0.3) is 0 Å². The van der Waals surface area contributed by atoms with Crippen molar-refractivity contribution in [1.29, 1.82) is 0 Å². The van der Waals surface area contributed by atoms with E-state index in [-0.39, 0.29) is 0 Å². The van der Waals surface area contributed by atoms with Crippen LogP contribution in [0.5, 0.6) is 0 Å². The summed E-state index contributed by atoms with van der Waals surface area (Å²) in [5.74, 6) is -0.943. The highest BCUT2D eigenvalue weighted by atomic mass is 17.2. The van der Waals surface area contributed by atoms with Crippen molar-refractivity contribution >= 4 is 11.9 Å². The average molecular weight is 388 g/mol. The largest absolute Gasteiger partial charge is 0.373 e. The predicted molar refractivity (Wildman–Crippen MR) is 105 cm³/mol. The maximum Gasteiger partial charge on any atom is 0.373 e. The van der Waals surface area contributed by atoms with Gasteiger partial charge in [-0.3, -0.25) is 9.78 Å². The zero-order valence-electron chi connectivity index (χ0n) is 17.2. The second-order valence-electron chi connectivity index (χ2n) is 7.87. The van der Waals surface area contributed by atoms with E-state index in [2.05, 4.69) is 9.78 Å². The topological polar surface area (TPSA) is 71.1 Å². The van der Waals surface area contributed by atoms with Gasteiger partial charge in [-0.2, -0.15) is 9.78 Å². The highest BCUT2D eigenvalue weighted by Gasteiger charge is 2.17. The standard InChI is InChI=1S/2C11H14O3/c2*1-11(2,3)14-13-10(12)9-7-5-4-6-8-9/h2*4-8H,1-3H3. The second-order valence-corrected chi connectivity index (χ2v) is 7.87. The summed E-state index contributed by atoms with van der Waals surface area (Å²) in [6.45, 7) is 10.9. The summed E-state index contributed by atoms with van der Waals surface area (Å²) in [4.78, 5) is 41.8. The molecule has 152 valence electrons. The quantitative estimate of drug-likeness (QED) is 0.533. The van der Waals surface area contributed by atoms with Gasteiger partial charge in [0.2, 0.25) is 0 Å². The van der Waals surface area contributed by atoms with Crippen molar-refractivity contribution in [3.05, 3.63) is 71.8 Å².